The highest BCUT2D eigenvalue weighted by molar-refractivity contribution is 7.86. The summed E-state index contributed by atoms with van der Waals surface area (Å²) in [7, 11) is -0.0476. The summed E-state index contributed by atoms with van der Waals surface area (Å²) in [6.45, 7) is 8.50. The van der Waals surface area contributed by atoms with Crippen molar-refractivity contribution >= 4 is 10.2 Å². The van der Waals surface area contributed by atoms with Gasteiger partial charge in [-0.15, -0.1) is 6.58 Å². The van der Waals surface area contributed by atoms with Gasteiger partial charge in [-0.25, -0.2) is 0 Å². The van der Waals surface area contributed by atoms with E-state index in [1.165, 1.54) is 8.61 Å². The first kappa shape index (κ1) is 17.6. The molecule has 5 nitrogen and oxygen atoms in total. The number of hydrogen-bond donors (Lipinski definition) is 1. The summed E-state index contributed by atoms with van der Waals surface area (Å²) in [5, 5.41) is 3.18. The second kappa shape index (κ2) is 9.49. The van der Waals surface area contributed by atoms with Gasteiger partial charge >= 0.3 is 0 Å². The normalized spacial score (nSPS) is 12.3. The quantitative estimate of drug-likeness (QED) is 0.454. The predicted octanol–water partition coefficient (Wildman–Crippen LogP) is 1.06. The van der Waals surface area contributed by atoms with Crippen LogP contribution < -0.4 is 5.32 Å². The first-order valence-corrected chi connectivity index (χ1v) is 7.85. The minimum atomic E-state index is -3.30. The molecule has 0 aromatic carbocycles. The summed E-state index contributed by atoms with van der Waals surface area (Å²) in [6.07, 6.45) is 4.28. The number of unbranched alkanes of at least 4 members (excludes halogenated alkanes) is 1. The number of rotatable bonds is 11. The summed E-state index contributed by atoms with van der Waals surface area (Å²) in [5.74, 6) is 0. The Morgan fingerprint density at radius 2 is 1.72 bits per heavy atom. The zero-order chi connectivity index (χ0) is 14.0. The van der Waals surface area contributed by atoms with Gasteiger partial charge in [0.1, 0.15) is 0 Å². The van der Waals surface area contributed by atoms with Crippen molar-refractivity contribution in [2.75, 3.05) is 40.3 Å². The van der Waals surface area contributed by atoms with E-state index in [9.17, 15) is 8.42 Å². The van der Waals surface area contributed by atoms with Crippen molar-refractivity contribution in [2.24, 2.45) is 0 Å². The zero-order valence-electron chi connectivity index (χ0n) is 11.9. The summed E-state index contributed by atoms with van der Waals surface area (Å²) in [4.78, 5) is 0. The fourth-order valence-electron chi connectivity index (χ4n) is 1.53. The maximum absolute atomic E-state index is 12.1. The van der Waals surface area contributed by atoms with E-state index in [1.54, 1.807) is 20.2 Å². The third-order valence-electron chi connectivity index (χ3n) is 2.75. The van der Waals surface area contributed by atoms with Crippen LogP contribution in [-0.4, -0.2) is 57.3 Å². The van der Waals surface area contributed by atoms with Crippen LogP contribution in [0.15, 0.2) is 12.7 Å². The molecule has 0 heterocycles. The van der Waals surface area contributed by atoms with E-state index in [1.807, 2.05) is 6.92 Å². The number of hydrogen-bond acceptors (Lipinski definition) is 3. The number of nitrogens with zero attached hydrogens (tertiary/aromatic N) is 2. The number of nitrogens with one attached hydrogen (secondary N) is 1. The lowest BCUT2D eigenvalue weighted by molar-refractivity contribution is 0.384. The molecule has 0 spiro atoms. The van der Waals surface area contributed by atoms with E-state index < -0.39 is 10.2 Å². The molecule has 0 aliphatic carbocycles. The highest BCUT2D eigenvalue weighted by atomic mass is 32.2. The molecule has 0 saturated carbocycles. The molecular formula is C12H27N3O2S. The molecule has 0 radical (unpaired) electrons. The lowest BCUT2D eigenvalue weighted by Crippen LogP contribution is -2.41. The highest BCUT2D eigenvalue weighted by Gasteiger charge is 2.22. The Hall–Kier alpha value is -0.430. The molecule has 6 heteroatoms. The molecule has 0 amide bonds. The fourth-order valence-corrected chi connectivity index (χ4v) is 2.73. The van der Waals surface area contributed by atoms with E-state index in [0.29, 0.717) is 13.1 Å². The van der Waals surface area contributed by atoms with Crippen LogP contribution in [0.2, 0.25) is 0 Å². The van der Waals surface area contributed by atoms with Crippen LogP contribution in [0.3, 0.4) is 0 Å². The fraction of sp³-hybridized carbons (Fsp3) is 0.833. The van der Waals surface area contributed by atoms with E-state index in [4.69, 9.17) is 0 Å². The molecule has 0 aliphatic heterocycles. The molecule has 0 bridgehead atoms. The van der Waals surface area contributed by atoms with Gasteiger partial charge in [0.2, 0.25) is 0 Å². The minimum Gasteiger partial charge on any atom is -0.317 e. The second-order valence-electron chi connectivity index (χ2n) is 4.29. The van der Waals surface area contributed by atoms with Crippen molar-refractivity contribution in [1.82, 2.24) is 13.9 Å². The van der Waals surface area contributed by atoms with Crippen LogP contribution in [0.25, 0.3) is 0 Å². The largest absolute Gasteiger partial charge is 0.317 e. The third kappa shape index (κ3) is 6.49. The van der Waals surface area contributed by atoms with Gasteiger partial charge in [-0.2, -0.15) is 17.0 Å². The molecule has 108 valence electrons. The topological polar surface area (TPSA) is 52.7 Å². The Morgan fingerprint density at radius 1 is 1.17 bits per heavy atom. The van der Waals surface area contributed by atoms with E-state index in [0.717, 1.165) is 32.4 Å². The molecule has 0 aliphatic rings. The van der Waals surface area contributed by atoms with Gasteiger partial charge in [0.05, 0.1) is 0 Å². The molecule has 0 aromatic heterocycles. The van der Waals surface area contributed by atoms with Gasteiger partial charge in [0.25, 0.3) is 10.2 Å². The molecule has 0 atom stereocenters. The van der Waals surface area contributed by atoms with Gasteiger partial charge in [0.15, 0.2) is 0 Å². The standard InChI is InChI=1S/C12H27N3O2S/c1-5-7-8-11-14(3)18(16,17)15(4)12-9-10-13-6-2/h5,13H,1,6-12H2,2-4H3. The lowest BCUT2D eigenvalue weighted by atomic mass is 10.3. The van der Waals surface area contributed by atoms with Crippen molar-refractivity contribution in [3.63, 3.8) is 0 Å². The minimum absolute atomic E-state index is 0.534. The van der Waals surface area contributed by atoms with E-state index in [2.05, 4.69) is 11.9 Å². The van der Waals surface area contributed by atoms with Gasteiger partial charge in [-0.05, 0) is 32.4 Å². The van der Waals surface area contributed by atoms with Crippen LogP contribution in [0.1, 0.15) is 26.2 Å². The van der Waals surface area contributed by atoms with Crippen LogP contribution in [0.5, 0.6) is 0 Å². The third-order valence-corrected chi connectivity index (χ3v) is 4.69. The molecule has 0 rings (SSSR count). The first-order valence-electron chi connectivity index (χ1n) is 6.46. The molecule has 18 heavy (non-hydrogen) atoms. The molecule has 0 saturated heterocycles. The highest BCUT2D eigenvalue weighted by Crippen LogP contribution is 2.06. The van der Waals surface area contributed by atoms with Crippen LogP contribution in [-0.2, 0) is 10.2 Å². The number of allylic oxidation sites excluding steroid dienone is 1. The molecule has 0 unspecified atom stereocenters. The molecule has 1 N–H and O–H groups in total. The smallest absolute Gasteiger partial charge is 0.281 e. The maximum atomic E-state index is 12.1. The maximum Gasteiger partial charge on any atom is 0.281 e. The van der Waals surface area contributed by atoms with Crippen molar-refractivity contribution < 1.29 is 8.42 Å². The lowest BCUT2D eigenvalue weighted by Gasteiger charge is -2.24. The summed E-state index contributed by atoms with van der Waals surface area (Å²) < 4.78 is 27.0. The SMILES string of the molecule is C=CCCCN(C)S(=O)(=O)N(C)CCCNCC. The first-order chi connectivity index (χ1) is 8.46. The van der Waals surface area contributed by atoms with Crippen LogP contribution in [0, 0.1) is 0 Å². The Kier molecular flexibility index (Phi) is 9.27. The Morgan fingerprint density at radius 3 is 2.22 bits per heavy atom. The monoisotopic (exact) mass is 277 g/mol. The Bertz CT molecular complexity index is 317. The average Bonchev–Trinajstić information content (AvgIpc) is 2.34. The van der Waals surface area contributed by atoms with Gasteiger partial charge in [-0.1, -0.05) is 13.0 Å². The predicted molar refractivity (Wildman–Crippen MR) is 76.8 cm³/mol. The Labute approximate surface area is 112 Å². The van der Waals surface area contributed by atoms with Crippen molar-refractivity contribution in [1.29, 1.82) is 0 Å². The van der Waals surface area contributed by atoms with Crippen molar-refractivity contribution in [3.8, 4) is 0 Å². The van der Waals surface area contributed by atoms with Crippen LogP contribution in [0.4, 0.5) is 0 Å². The van der Waals surface area contributed by atoms with E-state index >= 15 is 0 Å². The van der Waals surface area contributed by atoms with Crippen molar-refractivity contribution in [3.05, 3.63) is 12.7 Å². The molecule has 0 fully saturated rings. The Balaban J connectivity index is 4.11. The van der Waals surface area contributed by atoms with Gasteiger partial charge in [-0.3, -0.25) is 0 Å². The summed E-state index contributed by atoms with van der Waals surface area (Å²) in [6, 6.07) is 0. The second-order valence-corrected chi connectivity index (χ2v) is 6.43. The van der Waals surface area contributed by atoms with Crippen molar-refractivity contribution in [2.45, 2.75) is 26.2 Å². The molecular weight excluding hydrogens is 250 g/mol. The molecule has 0 aromatic rings. The summed E-state index contributed by atoms with van der Waals surface area (Å²) >= 11 is 0. The van der Waals surface area contributed by atoms with Crippen LogP contribution >= 0.6 is 0 Å². The van der Waals surface area contributed by atoms with Gasteiger partial charge in [0, 0.05) is 27.2 Å². The average molecular weight is 277 g/mol. The van der Waals surface area contributed by atoms with Gasteiger partial charge < -0.3 is 5.32 Å². The summed E-state index contributed by atoms with van der Waals surface area (Å²) in [5.41, 5.74) is 0. The van der Waals surface area contributed by atoms with E-state index in [-0.39, 0.29) is 0 Å². The zero-order valence-corrected chi connectivity index (χ0v) is 12.7.